The van der Waals surface area contributed by atoms with Gasteiger partial charge < -0.3 is 4.98 Å². The van der Waals surface area contributed by atoms with Crippen LogP contribution in [-0.4, -0.2) is 17.7 Å². The van der Waals surface area contributed by atoms with Gasteiger partial charge in [0.05, 0.1) is 12.1 Å². The van der Waals surface area contributed by atoms with E-state index in [2.05, 4.69) is 58.5 Å². The van der Waals surface area contributed by atoms with Gasteiger partial charge in [0.1, 0.15) is 0 Å². The quantitative estimate of drug-likeness (QED) is 0.675. The molecule has 0 spiro atoms. The molecule has 2 nitrogen and oxygen atoms in total. The van der Waals surface area contributed by atoms with Crippen molar-refractivity contribution in [1.82, 2.24) is 4.98 Å². The molecule has 0 saturated heterocycles. The molecule has 0 amide bonds. The normalized spacial score (nSPS) is 11.2. The van der Waals surface area contributed by atoms with Crippen LogP contribution in [0.3, 0.4) is 0 Å². The Bertz CT molecular complexity index is 742. The topological polar surface area (TPSA) is 28.1 Å². The van der Waals surface area contributed by atoms with E-state index >= 15 is 0 Å². The fraction of sp³-hybridized carbons (Fsp3) is 0.0556. The first-order valence-corrected chi connectivity index (χ1v) is 6.71. The fourth-order valence-electron chi connectivity index (χ4n) is 2.18. The summed E-state index contributed by atoms with van der Waals surface area (Å²) in [6, 6.07) is 18.6. The first kappa shape index (κ1) is 15.1. The lowest BCUT2D eigenvalue weighted by molar-refractivity contribution is 1.26. The van der Waals surface area contributed by atoms with Gasteiger partial charge >= 0.3 is 0 Å². The Morgan fingerprint density at radius 2 is 1.81 bits per heavy atom. The van der Waals surface area contributed by atoms with Crippen LogP contribution < -0.4 is 0 Å². The summed E-state index contributed by atoms with van der Waals surface area (Å²) in [6.07, 6.45) is 8.04. The van der Waals surface area contributed by atoms with E-state index < -0.39 is 0 Å². The van der Waals surface area contributed by atoms with Gasteiger partial charge in [0.2, 0.25) is 0 Å². The largest absolute Gasteiger partial charge is 0.361 e. The highest BCUT2D eigenvalue weighted by molar-refractivity contribution is 5.97. The highest BCUT2D eigenvalue weighted by Gasteiger charge is 1.97. The number of aliphatic imine (C=N–C) groups is 1. The molecular formula is C18H17ClN2. The molecule has 0 fully saturated rings. The Balaban J connectivity index is 0.00000161. The minimum atomic E-state index is 0. The Kier molecular flexibility index (Phi) is 5.35. The molecule has 0 aliphatic carbocycles. The number of H-pyrrole nitrogens is 1. The molecule has 1 N–H and O–H groups in total. The van der Waals surface area contributed by atoms with E-state index in [-0.39, 0.29) is 12.4 Å². The van der Waals surface area contributed by atoms with Crippen LogP contribution in [0.5, 0.6) is 0 Å². The second kappa shape index (κ2) is 7.46. The van der Waals surface area contributed by atoms with Gasteiger partial charge in [0, 0.05) is 23.4 Å². The first-order chi connectivity index (χ1) is 9.93. The molecule has 3 aromatic rings. The molecule has 0 radical (unpaired) electrons. The average molecular weight is 297 g/mol. The van der Waals surface area contributed by atoms with E-state index in [0.717, 1.165) is 11.1 Å². The molecule has 21 heavy (non-hydrogen) atoms. The summed E-state index contributed by atoms with van der Waals surface area (Å²) in [5.41, 5.74) is 3.47. The summed E-state index contributed by atoms with van der Waals surface area (Å²) in [6.45, 7) is 0.686. The predicted octanol–water partition coefficient (Wildman–Crippen LogP) is 4.72. The van der Waals surface area contributed by atoms with Crippen LogP contribution in [0.25, 0.3) is 17.0 Å². The number of halogens is 1. The molecule has 0 saturated carbocycles. The smallest absolute Gasteiger partial charge is 0.0573 e. The summed E-state index contributed by atoms with van der Waals surface area (Å²) in [5, 5.41) is 1.22. The third kappa shape index (κ3) is 3.83. The number of rotatable bonds is 4. The fourth-order valence-corrected chi connectivity index (χ4v) is 2.18. The Morgan fingerprint density at radius 3 is 2.67 bits per heavy atom. The van der Waals surface area contributed by atoms with Crippen molar-refractivity contribution < 1.29 is 0 Å². The number of benzene rings is 2. The van der Waals surface area contributed by atoms with Crippen LogP contribution in [0.4, 0.5) is 0 Å². The van der Waals surface area contributed by atoms with Crippen molar-refractivity contribution in [2.75, 3.05) is 6.54 Å². The van der Waals surface area contributed by atoms with Crippen molar-refractivity contribution in [2.45, 2.75) is 0 Å². The molecule has 0 aliphatic heterocycles. The van der Waals surface area contributed by atoms with Gasteiger partial charge in [0.15, 0.2) is 0 Å². The number of fused-ring (bicyclic) bond motifs is 1. The summed E-state index contributed by atoms with van der Waals surface area (Å²) in [5.74, 6) is 0. The van der Waals surface area contributed by atoms with Crippen LogP contribution in [-0.2, 0) is 0 Å². The maximum atomic E-state index is 4.45. The Hall–Kier alpha value is -2.32. The van der Waals surface area contributed by atoms with E-state index in [1.165, 1.54) is 10.9 Å². The monoisotopic (exact) mass is 296 g/mol. The highest BCUT2D eigenvalue weighted by Crippen LogP contribution is 2.15. The third-order valence-corrected chi connectivity index (χ3v) is 3.17. The number of aromatic nitrogens is 1. The van der Waals surface area contributed by atoms with Gasteiger partial charge in [-0.25, -0.2) is 0 Å². The SMILES string of the molecule is C(=C\c1ccccc1)/C/N=C/c1cccc2cc[nH]c12.Cl. The lowest BCUT2D eigenvalue weighted by atomic mass is 10.1. The lowest BCUT2D eigenvalue weighted by Gasteiger charge is -1.95. The van der Waals surface area contributed by atoms with Crippen LogP contribution >= 0.6 is 12.4 Å². The van der Waals surface area contributed by atoms with Crippen molar-refractivity contribution in [3.05, 3.63) is 78.0 Å². The van der Waals surface area contributed by atoms with Crippen molar-refractivity contribution in [3.63, 3.8) is 0 Å². The maximum absolute atomic E-state index is 4.45. The van der Waals surface area contributed by atoms with Crippen molar-refractivity contribution in [1.29, 1.82) is 0 Å². The Morgan fingerprint density at radius 1 is 0.952 bits per heavy atom. The number of nitrogens with zero attached hydrogens (tertiary/aromatic N) is 1. The standard InChI is InChI=1S/C18H16N2.ClH/c1-2-6-15(7-3-1)8-5-12-19-14-17-10-4-9-16-11-13-20-18(16)17;/h1-11,13-14,20H,12H2;1H/b8-5+,19-14+;. The zero-order valence-electron chi connectivity index (χ0n) is 11.6. The van der Waals surface area contributed by atoms with Gasteiger partial charge in [-0.2, -0.15) is 0 Å². The van der Waals surface area contributed by atoms with Crippen LogP contribution in [0.1, 0.15) is 11.1 Å². The molecule has 3 heteroatoms. The number of aromatic amines is 1. The molecule has 3 rings (SSSR count). The predicted molar refractivity (Wildman–Crippen MR) is 93.5 cm³/mol. The molecule has 1 aromatic heterocycles. The molecule has 106 valence electrons. The van der Waals surface area contributed by atoms with E-state index in [0.29, 0.717) is 6.54 Å². The van der Waals surface area contributed by atoms with Gasteiger partial charge in [-0.1, -0.05) is 60.7 Å². The Labute approximate surface area is 130 Å². The van der Waals surface area contributed by atoms with Gasteiger partial charge in [-0.3, -0.25) is 4.99 Å². The van der Waals surface area contributed by atoms with E-state index in [1.807, 2.05) is 30.6 Å². The first-order valence-electron chi connectivity index (χ1n) is 6.71. The zero-order chi connectivity index (χ0) is 13.6. The van der Waals surface area contributed by atoms with Crippen molar-refractivity contribution >= 4 is 35.6 Å². The molecule has 2 aromatic carbocycles. The summed E-state index contributed by atoms with van der Waals surface area (Å²) in [7, 11) is 0. The molecule has 1 heterocycles. The van der Waals surface area contributed by atoms with Crippen molar-refractivity contribution in [2.24, 2.45) is 4.99 Å². The third-order valence-electron chi connectivity index (χ3n) is 3.17. The van der Waals surface area contributed by atoms with Gasteiger partial charge in [-0.05, 0) is 11.6 Å². The van der Waals surface area contributed by atoms with E-state index in [4.69, 9.17) is 0 Å². The van der Waals surface area contributed by atoms with Crippen LogP contribution in [0.2, 0.25) is 0 Å². The number of nitrogens with one attached hydrogen (secondary N) is 1. The lowest BCUT2D eigenvalue weighted by Crippen LogP contribution is -1.84. The number of para-hydroxylation sites is 1. The second-order valence-corrected chi connectivity index (χ2v) is 4.60. The summed E-state index contributed by atoms with van der Waals surface area (Å²) in [4.78, 5) is 7.70. The highest BCUT2D eigenvalue weighted by atomic mass is 35.5. The molecule has 0 unspecified atom stereocenters. The molecular weight excluding hydrogens is 280 g/mol. The summed E-state index contributed by atoms with van der Waals surface area (Å²) < 4.78 is 0. The summed E-state index contributed by atoms with van der Waals surface area (Å²) >= 11 is 0. The van der Waals surface area contributed by atoms with Gasteiger partial charge in [0.25, 0.3) is 0 Å². The second-order valence-electron chi connectivity index (χ2n) is 4.60. The van der Waals surface area contributed by atoms with Crippen LogP contribution in [0.15, 0.2) is 71.9 Å². The van der Waals surface area contributed by atoms with E-state index in [9.17, 15) is 0 Å². The van der Waals surface area contributed by atoms with Gasteiger partial charge in [-0.15, -0.1) is 12.4 Å². The maximum Gasteiger partial charge on any atom is 0.0573 e. The molecule has 0 bridgehead atoms. The van der Waals surface area contributed by atoms with Crippen LogP contribution in [0, 0.1) is 0 Å². The van der Waals surface area contributed by atoms with E-state index in [1.54, 1.807) is 0 Å². The molecule has 0 aliphatic rings. The van der Waals surface area contributed by atoms with Crippen molar-refractivity contribution in [3.8, 4) is 0 Å². The average Bonchev–Trinajstić information content (AvgIpc) is 2.97. The minimum absolute atomic E-state index is 0. The zero-order valence-corrected chi connectivity index (χ0v) is 12.4. The number of hydrogen-bond donors (Lipinski definition) is 1. The molecule has 0 atom stereocenters. The minimum Gasteiger partial charge on any atom is -0.361 e. The number of hydrogen-bond acceptors (Lipinski definition) is 1.